The number of rotatable bonds is 4. The van der Waals surface area contributed by atoms with Crippen molar-refractivity contribution >= 4 is 17.7 Å². The Kier molecular flexibility index (Phi) is 4.77. The summed E-state index contributed by atoms with van der Waals surface area (Å²) >= 11 is 0. The highest BCUT2D eigenvalue weighted by atomic mass is 19.4. The lowest BCUT2D eigenvalue weighted by atomic mass is 10.1. The van der Waals surface area contributed by atoms with Gasteiger partial charge < -0.3 is 4.74 Å². The van der Waals surface area contributed by atoms with E-state index >= 15 is 0 Å². The fourth-order valence-electron chi connectivity index (χ4n) is 1.59. The maximum Gasteiger partial charge on any atom is 0.464 e. The van der Waals surface area contributed by atoms with Gasteiger partial charge in [0.25, 0.3) is 5.82 Å². The number of aryl methyl sites for hydroxylation is 1. The molecule has 0 bridgehead atoms. The first kappa shape index (κ1) is 16.7. The van der Waals surface area contributed by atoms with E-state index in [4.69, 9.17) is 0 Å². The third kappa shape index (κ3) is 3.61. The zero-order valence-electron chi connectivity index (χ0n) is 11.6. The lowest BCUT2D eigenvalue weighted by Crippen LogP contribution is -2.69. The fourth-order valence-corrected chi connectivity index (χ4v) is 1.59. The zero-order valence-corrected chi connectivity index (χ0v) is 11.6. The molecule has 1 heterocycles. The van der Waals surface area contributed by atoms with E-state index in [1.807, 2.05) is 5.32 Å². The molecule has 6 nitrogen and oxygen atoms in total. The van der Waals surface area contributed by atoms with E-state index in [0.717, 1.165) is 19.6 Å². The van der Waals surface area contributed by atoms with Gasteiger partial charge in [0.05, 0.1) is 13.3 Å². The fraction of sp³-hybridized carbons (Fsp3) is 0.417. The van der Waals surface area contributed by atoms with Gasteiger partial charge in [0.1, 0.15) is 0 Å². The number of carbonyl (C=O) groups excluding carboxylic acids is 2. The van der Waals surface area contributed by atoms with Crippen LogP contribution in [0.25, 0.3) is 0 Å². The van der Waals surface area contributed by atoms with Crippen molar-refractivity contribution in [2.24, 2.45) is 0 Å². The normalized spacial score (nSPS) is 14.0. The Morgan fingerprint density at radius 3 is 2.29 bits per heavy atom. The molecule has 0 fully saturated rings. The number of hydrogen-bond acceptors (Lipinski definition) is 4. The molecule has 0 saturated carbocycles. The minimum absolute atomic E-state index is 0.114. The number of H-pyrrole nitrogens is 1. The molecule has 1 amide bonds. The second kappa shape index (κ2) is 5.98. The van der Waals surface area contributed by atoms with Gasteiger partial charge in [-0.2, -0.15) is 13.2 Å². The molecule has 0 aliphatic heterocycles. The molecule has 0 aliphatic carbocycles. The van der Waals surface area contributed by atoms with Crippen molar-refractivity contribution in [2.45, 2.75) is 25.7 Å². The molecule has 1 rings (SSSR count). The average molecular weight is 306 g/mol. The van der Waals surface area contributed by atoms with Gasteiger partial charge in [-0.1, -0.05) is 0 Å². The summed E-state index contributed by atoms with van der Waals surface area (Å²) in [5, 5.41) is 3.53. The number of halogens is 3. The van der Waals surface area contributed by atoms with Gasteiger partial charge in [-0.15, -0.1) is 0 Å². The molecule has 9 heteroatoms. The summed E-state index contributed by atoms with van der Waals surface area (Å²) in [6.07, 6.45) is -3.68. The van der Waals surface area contributed by atoms with E-state index in [-0.39, 0.29) is 5.82 Å². The largest absolute Gasteiger partial charge is 0.464 e. The smallest absolute Gasteiger partial charge is 0.464 e. The molecule has 3 N–H and O–H groups in total. The number of anilines is 1. The minimum Gasteiger partial charge on any atom is -0.464 e. The Labute approximate surface area is 118 Å². The lowest BCUT2D eigenvalue weighted by molar-refractivity contribution is -0.363. The van der Waals surface area contributed by atoms with E-state index in [9.17, 15) is 22.8 Å². The monoisotopic (exact) mass is 306 g/mol. The lowest BCUT2D eigenvalue weighted by Gasteiger charge is -2.29. The number of carbonyl (C=O) groups is 2. The zero-order chi connectivity index (χ0) is 16.3. The summed E-state index contributed by atoms with van der Waals surface area (Å²) in [6, 6.07) is 2.84. The van der Waals surface area contributed by atoms with Crippen LogP contribution in [0.4, 0.5) is 19.0 Å². The van der Waals surface area contributed by atoms with Crippen molar-refractivity contribution in [2.75, 3.05) is 12.4 Å². The number of pyridine rings is 1. The SMILES string of the molecule is COC(=O)[C@@](NC(C)=O)(Nc1ccc(C)c[nH+]1)C(F)(F)F. The second-order valence-corrected chi connectivity index (χ2v) is 4.33. The van der Waals surface area contributed by atoms with Crippen LogP contribution in [0.5, 0.6) is 0 Å². The third-order valence-electron chi connectivity index (χ3n) is 2.57. The number of esters is 1. The van der Waals surface area contributed by atoms with Gasteiger partial charge in [0.2, 0.25) is 5.91 Å². The van der Waals surface area contributed by atoms with Crippen molar-refractivity contribution < 1.29 is 32.5 Å². The van der Waals surface area contributed by atoms with E-state index in [1.54, 1.807) is 12.2 Å². The van der Waals surface area contributed by atoms with E-state index < -0.39 is 23.7 Å². The van der Waals surface area contributed by atoms with Crippen LogP contribution in [0.2, 0.25) is 0 Å². The Morgan fingerprint density at radius 2 is 1.90 bits per heavy atom. The standard InChI is InChI=1S/C12H14F3N3O3/c1-7-4-5-9(16-6-7)18-11(10(20)21-3,12(13,14)15)17-8(2)19/h4-6H,1-3H3,(H,16,18)(H,17,19)/p+1/t11-/m1/s1. The highest BCUT2D eigenvalue weighted by Gasteiger charge is 2.67. The summed E-state index contributed by atoms with van der Waals surface area (Å²) in [4.78, 5) is 25.3. The van der Waals surface area contributed by atoms with Gasteiger partial charge in [0, 0.05) is 13.0 Å². The number of ether oxygens (including phenoxy) is 1. The highest BCUT2D eigenvalue weighted by molar-refractivity contribution is 5.90. The van der Waals surface area contributed by atoms with Gasteiger partial charge in [0.15, 0.2) is 0 Å². The van der Waals surface area contributed by atoms with Crippen LogP contribution in [0.3, 0.4) is 0 Å². The molecule has 0 aliphatic rings. The molecular weight excluding hydrogens is 291 g/mol. The molecule has 0 unspecified atom stereocenters. The molecule has 0 radical (unpaired) electrons. The van der Waals surface area contributed by atoms with Crippen LogP contribution in [0.1, 0.15) is 12.5 Å². The number of amides is 1. The predicted octanol–water partition coefficient (Wildman–Crippen LogP) is 0.789. The molecule has 0 saturated heterocycles. The Morgan fingerprint density at radius 1 is 1.29 bits per heavy atom. The predicted molar refractivity (Wildman–Crippen MR) is 66.0 cm³/mol. The topological polar surface area (TPSA) is 81.6 Å². The quantitative estimate of drug-likeness (QED) is 0.636. The number of aromatic nitrogens is 1. The van der Waals surface area contributed by atoms with Crippen molar-refractivity contribution in [1.29, 1.82) is 0 Å². The first-order valence-corrected chi connectivity index (χ1v) is 5.83. The maximum atomic E-state index is 13.3. The highest BCUT2D eigenvalue weighted by Crippen LogP contribution is 2.32. The second-order valence-electron chi connectivity index (χ2n) is 4.33. The number of methoxy groups -OCH3 is 1. The van der Waals surface area contributed by atoms with Crippen molar-refractivity contribution in [3.8, 4) is 0 Å². The molecule has 0 aromatic carbocycles. The maximum absolute atomic E-state index is 13.3. The van der Waals surface area contributed by atoms with Crippen LogP contribution in [-0.2, 0) is 14.3 Å². The van der Waals surface area contributed by atoms with Gasteiger partial charge in [-0.25, -0.2) is 15.1 Å². The third-order valence-corrected chi connectivity index (χ3v) is 2.57. The summed E-state index contributed by atoms with van der Waals surface area (Å²) in [5.74, 6) is -2.84. The summed E-state index contributed by atoms with van der Waals surface area (Å²) < 4.78 is 44.2. The molecular formula is C12H15F3N3O3+. The van der Waals surface area contributed by atoms with Crippen LogP contribution >= 0.6 is 0 Å². The molecule has 0 spiro atoms. The Bertz CT molecular complexity index is 531. The number of nitrogens with one attached hydrogen (secondary N) is 3. The average Bonchev–Trinajstić information content (AvgIpc) is 2.37. The van der Waals surface area contributed by atoms with Crippen LogP contribution in [0.15, 0.2) is 18.3 Å². The van der Waals surface area contributed by atoms with Crippen molar-refractivity contribution in [3.05, 3.63) is 23.9 Å². The first-order chi connectivity index (χ1) is 9.62. The van der Waals surface area contributed by atoms with E-state index in [1.165, 1.54) is 18.3 Å². The summed E-state index contributed by atoms with van der Waals surface area (Å²) in [7, 11) is 0.797. The molecule has 21 heavy (non-hydrogen) atoms. The molecule has 1 aromatic rings. The minimum atomic E-state index is -5.12. The number of hydrogen-bond donors (Lipinski definition) is 2. The summed E-state index contributed by atoms with van der Waals surface area (Å²) in [6.45, 7) is 2.59. The first-order valence-electron chi connectivity index (χ1n) is 5.83. The van der Waals surface area contributed by atoms with Crippen LogP contribution < -0.4 is 15.6 Å². The van der Waals surface area contributed by atoms with E-state index in [2.05, 4.69) is 9.72 Å². The molecule has 1 aromatic heterocycles. The number of alkyl halides is 3. The summed E-state index contributed by atoms with van der Waals surface area (Å²) in [5.41, 5.74) is -2.60. The van der Waals surface area contributed by atoms with Gasteiger partial charge >= 0.3 is 17.8 Å². The molecule has 1 atom stereocenters. The Hall–Kier alpha value is -2.32. The van der Waals surface area contributed by atoms with E-state index in [0.29, 0.717) is 0 Å². The van der Waals surface area contributed by atoms with Crippen LogP contribution in [0, 0.1) is 6.92 Å². The van der Waals surface area contributed by atoms with Gasteiger partial charge in [-0.3, -0.25) is 10.1 Å². The van der Waals surface area contributed by atoms with Gasteiger partial charge in [-0.05, 0) is 18.6 Å². The van der Waals surface area contributed by atoms with Crippen LogP contribution in [-0.4, -0.2) is 30.8 Å². The van der Waals surface area contributed by atoms with Crippen molar-refractivity contribution in [1.82, 2.24) is 5.32 Å². The van der Waals surface area contributed by atoms with Crippen molar-refractivity contribution in [3.63, 3.8) is 0 Å². The Balaban J connectivity index is 3.30. The number of aromatic amines is 1. The molecule has 116 valence electrons.